The third-order valence-corrected chi connectivity index (χ3v) is 5.64. The Balaban J connectivity index is 1.99. The quantitative estimate of drug-likeness (QED) is 0.657. The molecular formula is C21H28N2O4S. The maximum atomic E-state index is 12.4. The van der Waals surface area contributed by atoms with E-state index in [1.54, 1.807) is 24.3 Å². The third-order valence-electron chi connectivity index (χ3n) is 4.46. The highest BCUT2D eigenvalue weighted by atomic mass is 32.2. The minimum absolute atomic E-state index is 0.0473. The van der Waals surface area contributed by atoms with E-state index in [1.165, 1.54) is 11.4 Å². The van der Waals surface area contributed by atoms with Crippen LogP contribution in [0.2, 0.25) is 0 Å². The molecule has 6 nitrogen and oxygen atoms in total. The maximum Gasteiger partial charge on any atom is 0.232 e. The number of hydrogen-bond donors (Lipinski definition) is 1. The van der Waals surface area contributed by atoms with Crippen molar-refractivity contribution in [2.45, 2.75) is 32.2 Å². The van der Waals surface area contributed by atoms with Crippen LogP contribution in [-0.4, -0.2) is 34.2 Å². The molecule has 7 heteroatoms. The van der Waals surface area contributed by atoms with Crippen molar-refractivity contribution in [2.24, 2.45) is 0 Å². The Morgan fingerprint density at radius 3 is 2.36 bits per heavy atom. The second-order valence-electron chi connectivity index (χ2n) is 6.55. The van der Waals surface area contributed by atoms with Crippen molar-refractivity contribution in [3.8, 4) is 5.75 Å². The lowest BCUT2D eigenvalue weighted by Crippen LogP contribution is -2.33. The van der Waals surface area contributed by atoms with E-state index in [1.807, 2.05) is 37.3 Å². The van der Waals surface area contributed by atoms with Crippen molar-refractivity contribution in [2.75, 3.05) is 24.2 Å². The molecule has 0 saturated carbocycles. The van der Waals surface area contributed by atoms with Crippen LogP contribution in [0.3, 0.4) is 0 Å². The molecule has 1 atom stereocenters. The molecule has 2 aromatic rings. The summed E-state index contributed by atoms with van der Waals surface area (Å²) in [6, 6.07) is 16.7. The SMILES string of the molecule is CCC(NC(=O)CCCN(c1ccccc1OC)S(C)(=O)=O)c1ccccc1. The monoisotopic (exact) mass is 404 g/mol. The van der Waals surface area contributed by atoms with Crippen LogP contribution in [0, 0.1) is 0 Å². The van der Waals surface area contributed by atoms with Gasteiger partial charge in [-0.1, -0.05) is 49.4 Å². The number of sulfonamides is 1. The second kappa shape index (κ2) is 10.1. The number of nitrogens with zero attached hydrogens (tertiary/aromatic N) is 1. The largest absolute Gasteiger partial charge is 0.495 e. The van der Waals surface area contributed by atoms with E-state index in [9.17, 15) is 13.2 Å². The summed E-state index contributed by atoms with van der Waals surface area (Å²) in [4.78, 5) is 12.4. The van der Waals surface area contributed by atoms with Crippen molar-refractivity contribution in [1.82, 2.24) is 5.32 Å². The van der Waals surface area contributed by atoms with Crippen LogP contribution in [0.4, 0.5) is 5.69 Å². The van der Waals surface area contributed by atoms with E-state index < -0.39 is 10.0 Å². The predicted molar refractivity (Wildman–Crippen MR) is 112 cm³/mol. The van der Waals surface area contributed by atoms with Gasteiger partial charge in [-0.25, -0.2) is 8.42 Å². The van der Waals surface area contributed by atoms with Gasteiger partial charge in [0.15, 0.2) is 0 Å². The molecule has 0 aliphatic heterocycles. The van der Waals surface area contributed by atoms with Crippen LogP contribution < -0.4 is 14.4 Å². The average Bonchev–Trinajstić information content (AvgIpc) is 2.69. The van der Waals surface area contributed by atoms with E-state index in [4.69, 9.17) is 4.74 Å². The Hall–Kier alpha value is -2.54. The van der Waals surface area contributed by atoms with Gasteiger partial charge in [-0.05, 0) is 30.5 Å². The van der Waals surface area contributed by atoms with E-state index >= 15 is 0 Å². The number of amides is 1. The van der Waals surface area contributed by atoms with Gasteiger partial charge in [-0.15, -0.1) is 0 Å². The van der Waals surface area contributed by atoms with Gasteiger partial charge in [0.25, 0.3) is 0 Å². The Bertz CT molecular complexity index is 869. The van der Waals surface area contributed by atoms with Gasteiger partial charge in [0.1, 0.15) is 5.75 Å². The fourth-order valence-electron chi connectivity index (χ4n) is 3.06. The van der Waals surface area contributed by atoms with E-state index in [2.05, 4.69) is 5.32 Å². The van der Waals surface area contributed by atoms with E-state index in [-0.39, 0.29) is 24.9 Å². The molecule has 2 aromatic carbocycles. The fourth-order valence-corrected chi connectivity index (χ4v) is 4.03. The highest BCUT2D eigenvalue weighted by Crippen LogP contribution is 2.29. The second-order valence-corrected chi connectivity index (χ2v) is 8.46. The first kappa shape index (κ1) is 21.8. The number of ether oxygens (including phenoxy) is 1. The summed E-state index contributed by atoms with van der Waals surface area (Å²) in [5.74, 6) is 0.386. The zero-order valence-corrected chi connectivity index (χ0v) is 17.4. The van der Waals surface area contributed by atoms with Crippen LogP contribution in [0.25, 0.3) is 0 Å². The zero-order valence-electron chi connectivity index (χ0n) is 16.6. The van der Waals surface area contributed by atoms with Gasteiger partial charge < -0.3 is 10.1 Å². The van der Waals surface area contributed by atoms with Gasteiger partial charge >= 0.3 is 0 Å². The zero-order chi connectivity index (χ0) is 20.6. The number of benzene rings is 2. The lowest BCUT2D eigenvalue weighted by Gasteiger charge is -2.24. The molecule has 0 bridgehead atoms. The summed E-state index contributed by atoms with van der Waals surface area (Å²) in [5, 5.41) is 3.03. The van der Waals surface area contributed by atoms with Gasteiger partial charge in [-0.2, -0.15) is 0 Å². The van der Waals surface area contributed by atoms with Crippen molar-refractivity contribution < 1.29 is 17.9 Å². The number of rotatable bonds is 10. The molecule has 0 fully saturated rings. The molecular weight excluding hydrogens is 376 g/mol. The summed E-state index contributed by atoms with van der Waals surface area (Å²) in [6.45, 7) is 2.22. The molecule has 0 aliphatic carbocycles. The number of carbonyl (C=O) groups excluding carboxylic acids is 1. The Kier molecular flexibility index (Phi) is 7.87. The standard InChI is InChI=1S/C21H28N2O4S/c1-4-18(17-11-6-5-7-12-17)22-21(24)15-10-16-23(28(3,25)26)19-13-8-9-14-20(19)27-2/h5-9,11-14,18H,4,10,15-16H2,1-3H3,(H,22,24). The fraction of sp³-hybridized carbons (Fsp3) is 0.381. The lowest BCUT2D eigenvalue weighted by atomic mass is 10.0. The predicted octanol–water partition coefficient (Wildman–Crippen LogP) is 3.51. The highest BCUT2D eigenvalue weighted by molar-refractivity contribution is 7.92. The number of para-hydroxylation sites is 2. The van der Waals surface area contributed by atoms with Crippen molar-refractivity contribution in [3.63, 3.8) is 0 Å². The van der Waals surface area contributed by atoms with Crippen LogP contribution in [0.15, 0.2) is 54.6 Å². The van der Waals surface area contributed by atoms with Crippen LogP contribution in [0.1, 0.15) is 37.8 Å². The first-order valence-corrected chi connectivity index (χ1v) is 11.2. The molecule has 0 aliphatic rings. The lowest BCUT2D eigenvalue weighted by molar-refractivity contribution is -0.121. The molecule has 2 rings (SSSR count). The molecule has 1 unspecified atom stereocenters. The first-order chi connectivity index (χ1) is 13.4. The van der Waals surface area contributed by atoms with E-state index in [0.29, 0.717) is 17.9 Å². The molecule has 0 radical (unpaired) electrons. The number of methoxy groups -OCH3 is 1. The molecule has 152 valence electrons. The smallest absolute Gasteiger partial charge is 0.232 e. The Labute approximate surface area is 167 Å². The first-order valence-electron chi connectivity index (χ1n) is 9.31. The summed E-state index contributed by atoms with van der Waals surface area (Å²) in [7, 11) is -2.00. The summed E-state index contributed by atoms with van der Waals surface area (Å²) < 4.78 is 31.1. The van der Waals surface area contributed by atoms with Gasteiger partial charge in [0.05, 0.1) is 25.1 Å². The van der Waals surface area contributed by atoms with Crippen molar-refractivity contribution in [3.05, 3.63) is 60.2 Å². The molecule has 0 spiro atoms. The summed E-state index contributed by atoms with van der Waals surface area (Å²) in [6.07, 6.45) is 2.58. The number of anilines is 1. The highest BCUT2D eigenvalue weighted by Gasteiger charge is 2.21. The summed E-state index contributed by atoms with van der Waals surface area (Å²) in [5.41, 5.74) is 1.54. The van der Waals surface area contributed by atoms with E-state index in [0.717, 1.165) is 18.2 Å². The third kappa shape index (κ3) is 5.99. The minimum atomic E-state index is -3.50. The maximum absolute atomic E-state index is 12.4. The molecule has 0 aromatic heterocycles. The van der Waals surface area contributed by atoms with Gasteiger partial charge in [0.2, 0.25) is 15.9 Å². The molecule has 28 heavy (non-hydrogen) atoms. The van der Waals surface area contributed by atoms with Crippen LogP contribution in [0.5, 0.6) is 5.75 Å². The molecule has 1 amide bonds. The van der Waals surface area contributed by atoms with Gasteiger partial charge in [0, 0.05) is 13.0 Å². The Morgan fingerprint density at radius 1 is 1.11 bits per heavy atom. The van der Waals surface area contributed by atoms with Crippen molar-refractivity contribution in [1.29, 1.82) is 0 Å². The van der Waals surface area contributed by atoms with Crippen molar-refractivity contribution >= 4 is 21.6 Å². The number of hydrogen-bond acceptors (Lipinski definition) is 4. The molecule has 0 heterocycles. The number of nitrogens with one attached hydrogen (secondary N) is 1. The molecule has 1 N–H and O–H groups in total. The van der Waals surface area contributed by atoms with Crippen LogP contribution >= 0.6 is 0 Å². The summed E-state index contributed by atoms with van der Waals surface area (Å²) >= 11 is 0. The normalized spacial score (nSPS) is 12.2. The van der Waals surface area contributed by atoms with Gasteiger partial charge in [-0.3, -0.25) is 9.10 Å². The van der Waals surface area contributed by atoms with Crippen LogP contribution in [-0.2, 0) is 14.8 Å². The number of carbonyl (C=O) groups is 1. The minimum Gasteiger partial charge on any atom is -0.495 e. The topological polar surface area (TPSA) is 75.7 Å². The molecule has 0 saturated heterocycles. The average molecular weight is 405 g/mol. The Morgan fingerprint density at radius 2 is 1.75 bits per heavy atom.